The number of hydrogen-bond donors (Lipinski definition) is 2. The van der Waals surface area contributed by atoms with Crippen molar-refractivity contribution in [1.29, 1.82) is 0 Å². The number of nitrogens with one attached hydrogen (secondary N) is 2. The highest BCUT2D eigenvalue weighted by atomic mass is 32.2. The molecule has 0 bridgehead atoms. The molecule has 5 nitrogen and oxygen atoms in total. The third-order valence-electron chi connectivity index (χ3n) is 4.26. The van der Waals surface area contributed by atoms with Crippen molar-refractivity contribution in [1.82, 2.24) is 10.0 Å². The van der Waals surface area contributed by atoms with Crippen LogP contribution in [-0.2, 0) is 10.0 Å². The molecular formula is C17H26N2O3S. The van der Waals surface area contributed by atoms with E-state index in [-0.39, 0.29) is 10.7 Å². The van der Waals surface area contributed by atoms with Gasteiger partial charge in [-0.05, 0) is 31.9 Å². The number of hydrogen-bond acceptors (Lipinski definition) is 4. The van der Waals surface area contributed by atoms with Crippen LogP contribution in [0.4, 0.5) is 0 Å². The lowest BCUT2D eigenvalue weighted by Gasteiger charge is -2.16. The van der Waals surface area contributed by atoms with Crippen LogP contribution in [0.3, 0.4) is 0 Å². The molecule has 2 rings (SSSR count). The Kier molecular flexibility index (Phi) is 6.74. The Bertz CT molecular complexity index is 620. The molecule has 1 aliphatic rings. The zero-order valence-corrected chi connectivity index (χ0v) is 14.5. The standard InChI is InChI=1S/C17H26N2O3S/c1-14(20)15-7-6-10-17(13-15)23(21,22)19-12-11-18-16-8-4-2-3-5-9-16/h6-7,10,13,16,18-19H,2-5,8-9,11-12H2,1H3. The largest absolute Gasteiger partial charge is 0.313 e. The summed E-state index contributed by atoms with van der Waals surface area (Å²) in [7, 11) is -3.57. The van der Waals surface area contributed by atoms with E-state index in [1.807, 2.05) is 0 Å². The summed E-state index contributed by atoms with van der Waals surface area (Å²) in [5.41, 5.74) is 0.407. The average molecular weight is 338 g/mol. The molecule has 6 heteroatoms. The minimum Gasteiger partial charge on any atom is -0.313 e. The first-order valence-electron chi connectivity index (χ1n) is 8.33. The van der Waals surface area contributed by atoms with Crippen molar-refractivity contribution in [2.75, 3.05) is 13.1 Å². The highest BCUT2D eigenvalue weighted by molar-refractivity contribution is 7.89. The number of sulfonamides is 1. The van der Waals surface area contributed by atoms with Crippen LogP contribution >= 0.6 is 0 Å². The Labute approximate surface area is 138 Å². The lowest BCUT2D eigenvalue weighted by molar-refractivity contribution is 0.101. The van der Waals surface area contributed by atoms with E-state index in [1.165, 1.54) is 57.6 Å². The summed E-state index contributed by atoms with van der Waals surface area (Å²) in [5, 5.41) is 3.43. The summed E-state index contributed by atoms with van der Waals surface area (Å²) >= 11 is 0. The monoisotopic (exact) mass is 338 g/mol. The maximum atomic E-state index is 12.3. The molecule has 1 saturated carbocycles. The van der Waals surface area contributed by atoms with Gasteiger partial charge < -0.3 is 5.32 Å². The normalized spacial score (nSPS) is 16.9. The Morgan fingerprint density at radius 3 is 2.48 bits per heavy atom. The molecule has 0 amide bonds. The van der Waals surface area contributed by atoms with E-state index < -0.39 is 10.0 Å². The maximum absolute atomic E-state index is 12.3. The fraction of sp³-hybridized carbons (Fsp3) is 0.588. The topological polar surface area (TPSA) is 75.3 Å². The van der Waals surface area contributed by atoms with Crippen molar-refractivity contribution in [2.45, 2.75) is 56.4 Å². The summed E-state index contributed by atoms with van der Waals surface area (Å²) in [4.78, 5) is 11.5. The number of rotatable bonds is 7. The van der Waals surface area contributed by atoms with E-state index in [1.54, 1.807) is 12.1 Å². The van der Waals surface area contributed by atoms with Crippen molar-refractivity contribution in [3.8, 4) is 0 Å². The van der Waals surface area contributed by atoms with E-state index in [2.05, 4.69) is 10.0 Å². The quantitative estimate of drug-likeness (QED) is 0.455. The second-order valence-corrected chi connectivity index (χ2v) is 7.89. The lowest BCUT2D eigenvalue weighted by Crippen LogP contribution is -2.36. The minimum absolute atomic E-state index is 0.139. The minimum atomic E-state index is -3.57. The predicted octanol–water partition coefficient (Wildman–Crippen LogP) is 2.48. The third-order valence-corrected chi connectivity index (χ3v) is 5.71. The van der Waals surface area contributed by atoms with Crippen molar-refractivity contribution >= 4 is 15.8 Å². The van der Waals surface area contributed by atoms with Gasteiger partial charge in [-0.25, -0.2) is 13.1 Å². The number of carbonyl (C=O) groups is 1. The van der Waals surface area contributed by atoms with Crippen molar-refractivity contribution in [3.05, 3.63) is 29.8 Å². The highest BCUT2D eigenvalue weighted by Gasteiger charge is 2.15. The molecule has 2 N–H and O–H groups in total. The smallest absolute Gasteiger partial charge is 0.240 e. The lowest BCUT2D eigenvalue weighted by atomic mass is 10.1. The number of Topliss-reactive ketones (excluding diaryl/α,β-unsaturated/α-hetero) is 1. The van der Waals surface area contributed by atoms with Crippen LogP contribution in [0.2, 0.25) is 0 Å². The summed E-state index contributed by atoms with van der Waals surface area (Å²) in [6, 6.07) is 6.64. The maximum Gasteiger partial charge on any atom is 0.240 e. The van der Waals surface area contributed by atoms with Gasteiger partial charge in [0.15, 0.2) is 5.78 Å². The zero-order valence-electron chi connectivity index (χ0n) is 13.7. The molecule has 1 aromatic carbocycles. The van der Waals surface area contributed by atoms with E-state index in [9.17, 15) is 13.2 Å². The van der Waals surface area contributed by atoms with Gasteiger partial charge >= 0.3 is 0 Å². The van der Waals surface area contributed by atoms with Gasteiger partial charge in [-0.15, -0.1) is 0 Å². The summed E-state index contributed by atoms with van der Waals surface area (Å²) in [6.07, 6.45) is 7.46. The Morgan fingerprint density at radius 1 is 1.13 bits per heavy atom. The van der Waals surface area contributed by atoms with Gasteiger partial charge in [0.1, 0.15) is 0 Å². The van der Waals surface area contributed by atoms with Crippen molar-refractivity contribution in [2.24, 2.45) is 0 Å². The molecule has 0 heterocycles. The molecule has 128 valence electrons. The first-order valence-corrected chi connectivity index (χ1v) is 9.81. The van der Waals surface area contributed by atoms with Crippen LogP contribution in [0.1, 0.15) is 55.8 Å². The van der Waals surface area contributed by atoms with Crippen molar-refractivity contribution in [3.63, 3.8) is 0 Å². The summed E-state index contributed by atoms with van der Waals surface area (Å²) in [5.74, 6) is -0.142. The van der Waals surface area contributed by atoms with E-state index in [0.29, 0.717) is 24.7 Å². The first-order chi connectivity index (χ1) is 11.0. The van der Waals surface area contributed by atoms with Crippen LogP contribution in [0.5, 0.6) is 0 Å². The zero-order chi connectivity index (χ0) is 16.7. The summed E-state index contributed by atoms with van der Waals surface area (Å²) in [6.45, 7) is 2.40. The molecule has 1 aliphatic carbocycles. The van der Waals surface area contributed by atoms with E-state index >= 15 is 0 Å². The van der Waals surface area contributed by atoms with E-state index in [0.717, 1.165) is 0 Å². The van der Waals surface area contributed by atoms with Crippen molar-refractivity contribution < 1.29 is 13.2 Å². The summed E-state index contributed by atoms with van der Waals surface area (Å²) < 4.78 is 27.1. The molecule has 0 saturated heterocycles. The first kappa shape index (κ1) is 18.1. The van der Waals surface area contributed by atoms with Gasteiger partial charge in [-0.1, -0.05) is 37.8 Å². The molecule has 0 spiro atoms. The van der Waals surface area contributed by atoms with Gasteiger partial charge in [-0.3, -0.25) is 4.79 Å². The van der Waals surface area contributed by atoms with E-state index in [4.69, 9.17) is 0 Å². The average Bonchev–Trinajstić information content (AvgIpc) is 2.80. The second kappa shape index (κ2) is 8.57. The molecule has 0 radical (unpaired) electrons. The number of benzene rings is 1. The van der Waals surface area contributed by atoms with Crippen LogP contribution < -0.4 is 10.0 Å². The van der Waals surface area contributed by atoms with Gasteiger partial charge in [-0.2, -0.15) is 0 Å². The molecule has 0 atom stereocenters. The van der Waals surface area contributed by atoms with Crippen LogP contribution in [0.15, 0.2) is 29.2 Å². The molecule has 0 unspecified atom stereocenters. The molecule has 23 heavy (non-hydrogen) atoms. The van der Waals surface area contributed by atoms with Crippen LogP contribution in [0, 0.1) is 0 Å². The molecule has 1 aromatic rings. The second-order valence-electron chi connectivity index (χ2n) is 6.12. The Morgan fingerprint density at radius 2 is 1.83 bits per heavy atom. The van der Waals surface area contributed by atoms with Gasteiger partial charge in [0.2, 0.25) is 10.0 Å². The molecule has 1 fully saturated rings. The molecule has 0 aliphatic heterocycles. The van der Waals surface area contributed by atoms with Crippen LogP contribution in [0.25, 0.3) is 0 Å². The highest BCUT2D eigenvalue weighted by Crippen LogP contribution is 2.17. The fourth-order valence-electron chi connectivity index (χ4n) is 2.91. The number of carbonyl (C=O) groups excluding carboxylic acids is 1. The van der Waals surface area contributed by atoms with Gasteiger partial charge in [0, 0.05) is 24.7 Å². The SMILES string of the molecule is CC(=O)c1cccc(S(=O)(=O)NCCNC2CCCCCC2)c1. The molecular weight excluding hydrogens is 312 g/mol. The van der Waals surface area contributed by atoms with Gasteiger partial charge in [0.25, 0.3) is 0 Å². The Balaban J connectivity index is 1.84. The fourth-order valence-corrected chi connectivity index (χ4v) is 3.99. The third kappa shape index (κ3) is 5.71. The molecule has 0 aromatic heterocycles. The van der Waals surface area contributed by atoms with Crippen LogP contribution in [-0.4, -0.2) is 33.3 Å². The predicted molar refractivity (Wildman–Crippen MR) is 91.1 cm³/mol. The van der Waals surface area contributed by atoms with Gasteiger partial charge in [0.05, 0.1) is 4.90 Å². The Hall–Kier alpha value is -1.24. The number of ketones is 1.